The summed E-state index contributed by atoms with van der Waals surface area (Å²) in [5, 5.41) is 10.0. The first kappa shape index (κ1) is 12.9. The van der Waals surface area contributed by atoms with Crippen LogP contribution in [-0.4, -0.2) is 23.5 Å². The summed E-state index contributed by atoms with van der Waals surface area (Å²) in [6, 6.07) is 4.65. The normalized spacial score (nSPS) is 14.3. The summed E-state index contributed by atoms with van der Waals surface area (Å²) in [4.78, 5) is 11.8. The van der Waals surface area contributed by atoms with Crippen molar-refractivity contribution in [1.82, 2.24) is 5.32 Å². The summed E-state index contributed by atoms with van der Waals surface area (Å²) >= 11 is 1.15. The molecule has 0 unspecified atom stereocenters. The van der Waals surface area contributed by atoms with Gasteiger partial charge < -0.3 is 11.1 Å². The van der Waals surface area contributed by atoms with Gasteiger partial charge in [-0.05, 0) is 31.0 Å². The number of carbonyl (C=O) groups excluding carboxylic acids is 1. The standard InChI is InChI=1S/C12H14FN3OS/c13-9-5-7(12(14)15)1-4-10(9)18-6-11(17)16-8-2-3-8/h1,4-5,8H,2-3,6H2,(H3,14,15)(H,16,17). The van der Waals surface area contributed by atoms with Crippen LogP contribution in [0.25, 0.3) is 0 Å². The number of hydrogen-bond acceptors (Lipinski definition) is 3. The van der Waals surface area contributed by atoms with E-state index in [1.807, 2.05) is 0 Å². The van der Waals surface area contributed by atoms with Crippen molar-refractivity contribution < 1.29 is 9.18 Å². The highest BCUT2D eigenvalue weighted by Gasteiger charge is 2.23. The zero-order chi connectivity index (χ0) is 13.1. The lowest BCUT2D eigenvalue weighted by Gasteiger charge is -2.06. The van der Waals surface area contributed by atoms with Crippen molar-refractivity contribution in [3.8, 4) is 0 Å². The molecule has 1 aliphatic rings. The summed E-state index contributed by atoms with van der Waals surface area (Å²) in [7, 11) is 0. The first-order valence-electron chi connectivity index (χ1n) is 5.62. The van der Waals surface area contributed by atoms with E-state index in [1.54, 1.807) is 12.1 Å². The largest absolute Gasteiger partial charge is 0.384 e. The van der Waals surface area contributed by atoms with Gasteiger partial charge in [0.05, 0.1) is 5.75 Å². The summed E-state index contributed by atoms with van der Waals surface area (Å²) in [5.74, 6) is -0.492. The van der Waals surface area contributed by atoms with Crippen molar-refractivity contribution in [2.24, 2.45) is 5.73 Å². The van der Waals surface area contributed by atoms with Gasteiger partial charge in [0, 0.05) is 16.5 Å². The number of nitrogens with one attached hydrogen (secondary N) is 2. The van der Waals surface area contributed by atoms with Crippen molar-refractivity contribution in [2.75, 3.05) is 5.75 Å². The SMILES string of the molecule is N=C(N)c1ccc(SCC(=O)NC2CC2)c(F)c1. The van der Waals surface area contributed by atoms with Gasteiger partial charge >= 0.3 is 0 Å². The van der Waals surface area contributed by atoms with E-state index in [0.717, 1.165) is 24.6 Å². The molecule has 1 aromatic rings. The second-order valence-electron chi connectivity index (χ2n) is 4.19. The summed E-state index contributed by atoms with van der Waals surface area (Å²) in [5.41, 5.74) is 5.61. The van der Waals surface area contributed by atoms with Crippen LogP contribution in [0.5, 0.6) is 0 Å². The molecular weight excluding hydrogens is 253 g/mol. The van der Waals surface area contributed by atoms with Crippen LogP contribution in [0.15, 0.2) is 23.1 Å². The zero-order valence-electron chi connectivity index (χ0n) is 9.70. The van der Waals surface area contributed by atoms with Gasteiger partial charge in [0.1, 0.15) is 11.7 Å². The number of halogens is 1. The highest BCUT2D eigenvalue weighted by Crippen LogP contribution is 2.23. The number of benzene rings is 1. The number of hydrogen-bond donors (Lipinski definition) is 3. The van der Waals surface area contributed by atoms with Crippen molar-refractivity contribution >= 4 is 23.5 Å². The van der Waals surface area contributed by atoms with Gasteiger partial charge in [-0.1, -0.05) is 0 Å². The third kappa shape index (κ3) is 3.46. The lowest BCUT2D eigenvalue weighted by atomic mass is 10.2. The molecule has 1 aromatic carbocycles. The molecular formula is C12H14FN3OS. The van der Waals surface area contributed by atoms with Crippen molar-refractivity contribution in [2.45, 2.75) is 23.8 Å². The maximum Gasteiger partial charge on any atom is 0.230 e. The Balaban J connectivity index is 1.92. The minimum absolute atomic E-state index is 0.0717. The van der Waals surface area contributed by atoms with Crippen LogP contribution in [-0.2, 0) is 4.79 Å². The van der Waals surface area contributed by atoms with Gasteiger partial charge in [-0.2, -0.15) is 0 Å². The second-order valence-corrected chi connectivity index (χ2v) is 5.21. The third-order valence-corrected chi connectivity index (χ3v) is 3.59. The quantitative estimate of drug-likeness (QED) is 0.429. The maximum atomic E-state index is 13.6. The summed E-state index contributed by atoms with van der Waals surface area (Å²) in [6.45, 7) is 0. The van der Waals surface area contributed by atoms with E-state index in [0.29, 0.717) is 16.5 Å². The molecule has 18 heavy (non-hydrogen) atoms. The van der Waals surface area contributed by atoms with E-state index >= 15 is 0 Å². The highest BCUT2D eigenvalue weighted by molar-refractivity contribution is 8.00. The van der Waals surface area contributed by atoms with E-state index in [2.05, 4.69) is 5.32 Å². The molecule has 0 radical (unpaired) electrons. The highest BCUT2D eigenvalue weighted by atomic mass is 32.2. The topological polar surface area (TPSA) is 79.0 Å². The molecule has 1 fully saturated rings. The Morgan fingerprint density at radius 2 is 2.28 bits per heavy atom. The molecule has 4 N–H and O–H groups in total. The lowest BCUT2D eigenvalue weighted by molar-refractivity contribution is -0.118. The molecule has 1 amide bonds. The first-order valence-corrected chi connectivity index (χ1v) is 6.61. The molecule has 0 aromatic heterocycles. The molecule has 6 heteroatoms. The van der Waals surface area contributed by atoms with Gasteiger partial charge in [0.25, 0.3) is 0 Å². The average Bonchev–Trinajstić information content (AvgIpc) is 3.11. The van der Waals surface area contributed by atoms with E-state index in [9.17, 15) is 9.18 Å². The van der Waals surface area contributed by atoms with Crippen LogP contribution in [0, 0.1) is 11.2 Å². The summed E-state index contributed by atoms with van der Waals surface area (Å²) < 4.78 is 13.6. The number of rotatable bonds is 5. The number of nitrogens with two attached hydrogens (primary N) is 1. The van der Waals surface area contributed by atoms with E-state index in [1.165, 1.54) is 6.07 Å². The monoisotopic (exact) mass is 267 g/mol. The van der Waals surface area contributed by atoms with Crippen LogP contribution in [0.1, 0.15) is 18.4 Å². The zero-order valence-corrected chi connectivity index (χ0v) is 10.5. The Labute approximate surface area is 109 Å². The Kier molecular flexibility index (Phi) is 3.86. The van der Waals surface area contributed by atoms with Crippen molar-refractivity contribution in [3.63, 3.8) is 0 Å². The van der Waals surface area contributed by atoms with Gasteiger partial charge in [0.2, 0.25) is 5.91 Å². The number of carbonyl (C=O) groups is 1. The molecule has 0 aliphatic heterocycles. The van der Waals surface area contributed by atoms with Gasteiger partial charge in [0.15, 0.2) is 0 Å². The Morgan fingerprint density at radius 1 is 1.56 bits per heavy atom. The van der Waals surface area contributed by atoms with E-state index in [-0.39, 0.29) is 17.5 Å². The Hall–Kier alpha value is -1.56. The molecule has 4 nitrogen and oxygen atoms in total. The van der Waals surface area contributed by atoms with Gasteiger partial charge in [-0.25, -0.2) is 4.39 Å². The molecule has 0 bridgehead atoms. The van der Waals surface area contributed by atoms with Gasteiger partial charge in [-0.15, -0.1) is 11.8 Å². The molecule has 96 valence electrons. The number of thioether (sulfide) groups is 1. The lowest BCUT2D eigenvalue weighted by Crippen LogP contribution is -2.27. The van der Waals surface area contributed by atoms with Crippen LogP contribution in [0.4, 0.5) is 4.39 Å². The Bertz CT molecular complexity index is 488. The minimum Gasteiger partial charge on any atom is -0.384 e. The molecule has 0 atom stereocenters. The molecule has 1 saturated carbocycles. The average molecular weight is 267 g/mol. The van der Waals surface area contributed by atoms with Crippen LogP contribution in [0.2, 0.25) is 0 Å². The van der Waals surface area contributed by atoms with Crippen LogP contribution in [0.3, 0.4) is 0 Å². The third-order valence-electron chi connectivity index (χ3n) is 2.54. The second kappa shape index (κ2) is 5.39. The van der Waals surface area contributed by atoms with Crippen LogP contribution >= 0.6 is 11.8 Å². The first-order chi connectivity index (χ1) is 8.56. The van der Waals surface area contributed by atoms with Crippen molar-refractivity contribution in [1.29, 1.82) is 5.41 Å². The molecule has 0 saturated heterocycles. The smallest absolute Gasteiger partial charge is 0.230 e. The summed E-state index contributed by atoms with van der Waals surface area (Å²) in [6.07, 6.45) is 2.08. The van der Waals surface area contributed by atoms with Crippen molar-refractivity contribution in [3.05, 3.63) is 29.6 Å². The van der Waals surface area contributed by atoms with E-state index in [4.69, 9.17) is 11.1 Å². The Morgan fingerprint density at radius 3 is 2.83 bits per heavy atom. The number of amidine groups is 1. The minimum atomic E-state index is -0.452. The molecule has 1 aliphatic carbocycles. The van der Waals surface area contributed by atoms with Gasteiger partial charge in [-0.3, -0.25) is 10.2 Å². The molecule has 0 heterocycles. The molecule has 2 rings (SSSR count). The molecule has 0 spiro atoms. The fraction of sp³-hybridized carbons (Fsp3) is 0.333. The maximum absolute atomic E-state index is 13.6. The fourth-order valence-corrected chi connectivity index (χ4v) is 2.16. The number of amides is 1. The predicted octanol–water partition coefficient (Wildman–Crippen LogP) is 1.48. The van der Waals surface area contributed by atoms with Crippen LogP contribution < -0.4 is 11.1 Å². The predicted molar refractivity (Wildman–Crippen MR) is 69.3 cm³/mol. The fourth-order valence-electron chi connectivity index (χ4n) is 1.43. The van der Waals surface area contributed by atoms with E-state index < -0.39 is 5.82 Å². The number of nitrogen functional groups attached to an aromatic ring is 1.